The molecule has 0 aliphatic heterocycles. The topological polar surface area (TPSA) is 76.0 Å². The lowest BCUT2D eigenvalue weighted by atomic mass is 9.80. The van der Waals surface area contributed by atoms with Gasteiger partial charge in [-0.25, -0.2) is 4.79 Å². The lowest BCUT2D eigenvalue weighted by Gasteiger charge is -2.38. The van der Waals surface area contributed by atoms with Crippen LogP contribution in [0.15, 0.2) is 12.1 Å². The summed E-state index contributed by atoms with van der Waals surface area (Å²) in [6.45, 7) is 0. The number of aliphatic carboxylic acids is 1. The summed E-state index contributed by atoms with van der Waals surface area (Å²) in [7, 11) is 0. The minimum absolute atomic E-state index is 0.0572. The lowest BCUT2D eigenvalue weighted by molar-refractivity contribution is -0.352. The molecule has 1 saturated carbocycles. The predicted octanol–water partition coefficient (Wildman–Crippen LogP) is 4.33. The van der Waals surface area contributed by atoms with Gasteiger partial charge in [0.25, 0.3) is 0 Å². The SMILES string of the molecule is O=C(O)C(F)(F)C1(OOc2cc(I)c(O)c(I)c2)CCCCC1. The molecule has 0 radical (unpaired) electrons. The monoisotopic (exact) mass is 554 g/mol. The van der Waals surface area contributed by atoms with E-state index in [1.165, 1.54) is 12.1 Å². The van der Waals surface area contributed by atoms with E-state index in [4.69, 9.17) is 14.9 Å². The molecule has 1 aliphatic rings. The first kappa shape index (κ1) is 18.9. The van der Waals surface area contributed by atoms with Crippen LogP contribution in [0.3, 0.4) is 0 Å². The van der Waals surface area contributed by atoms with E-state index in [1.54, 1.807) is 0 Å². The standard InChI is InChI=1S/C14H14F2I2O5/c15-14(16,12(20)21)13(4-2-1-3-5-13)23-22-8-6-9(17)11(19)10(18)7-8/h6-7,19H,1-5H2,(H,20,21). The van der Waals surface area contributed by atoms with Crippen molar-refractivity contribution in [2.45, 2.75) is 43.6 Å². The van der Waals surface area contributed by atoms with E-state index in [2.05, 4.69) is 0 Å². The zero-order valence-corrected chi connectivity index (χ0v) is 16.1. The molecule has 0 unspecified atom stereocenters. The molecule has 9 heteroatoms. The number of hydrogen-bond donors (Lipinski definition) is 2. The smallest absolute Gasteiger partial charge is 0.377 e. The largest absolute Gasteiger partial charge is 0.506 e. The molecule has 0 aromatic heterocycles. The fourth-order valence-electron chi connectivity index (χ4n) is 2.49. The number of carboxylic acid groups (broad SMARTS) is 1. The Hall–Kier alpha value is -0.430. The Morgan fingerprint density at radius 2 is 1.70 bits per heavy atom. The number of carbonyl (C=O) groups is 1. The molecule has 0 atom stereocenters. The third-order valence-corrected chi connectivity index (χ3v) is 5.43. The number of alkyl halides is 2. The minimum atomic E-state index is -4.05. The maximum absolute atomic E-state index is 14.2. The first-order chi connectivity index (χ1) is 10.7. The highest BCUT2D eigenvalue weighted by Crippen LogP contribution is 2.44. The van der Waals surface area contributed by atoms with Crippen molar-refractivity contribution in [1.82, 2.24) is 0 Å². The van der Waals surface area contributed by atoms with Crippen molar-refractivity contribution in [2.24, 2.45) is 0 Å². The minimum Gasteiger partial charge on any atom is -0.506 e. The van der Waals surface area contributed by atoms with E-state index in [0.717, 1.165) is 6.42 Å². The van der Waals surface area contributed by atoms with E-state index in [1.807, 2.05) is 45.2 Å². The van der Waals surface area contributed by atoms with Gasteiger partial charge in [0.2, 0.25) is 0 Å². The van der Waals surface area contributed by atoms with Gasteiger partial charge in [0.15, 0.2) is 11.4 Å². The van der Waals surface area contributed by atoms with Crippen LogP contribution in [0.25, 0.3) is 0 Å². The molecule has 1 aliphatic carbocycles. The summed E-state index contributed by atoms with van der Waals surface area (Å²) in [6, 6.07) is 2.85. The van der Waals surface area contributed by atoms with Crippen LogP contribution in [0, 0.1) is 7.14 Å². The fraction of sp³-hybridized carbons (Fsp3) is 0.500. The van der Waals surface area contributed by atoms with Gasteiger partial charge in [0, 0.05) is 12.1 Å². The van der Waals surface area contributed by atoms with Gasteiger partial charge in [-0.1, -0.05) is 19.3 Å². The first-order valence-corrected chi connectivity index (χ1v) is 9.00. The van der Waals surface area contributed by atoms with Gasteiger partial charge in [-0.2, -0.15) is 13.7 Å². The molecule has 5 nitrogen and oxygen atoms in total. The summed E-state index contributed by atoms with van der Waals surface area (Å²) in [5.74, 6) is -6.09. The molecule has 0 saturated heterocycles. The normalized spacial score (nSPS) is 17.7. The van der Waals surface area contributed by atoms with Crippen LogP contribution in [0.5, 0.6) is 11.5 Å². The molecule has 2 N–H and O–H groups in total. The molecule has 0 heterocycles. The molecule has 23 heavy (non-hydrogen) atoms. The van der Waals surface area contributed by atoms with Gasteiger partial charge in [-0.3, -0.25) is 0 Å². The van der Waals surface area contributed by atoms with Gasteiger partial charge in [0.1, 0.15) is 5.75 Å². The Bertz CT molecular complexity index is 580. The predicted molar refractivity (Wildman–Crippen MR) is 93.7 cm³/mol. The summed E-state index contributed by atoms with van der Waals surface area (Å²) in [6.07, 6.45) is 1.43. The number of benzene rings is 1. The van der Waals surface area contributed by atoms with Crippen molar-refractivity contribution >= 4 is 51.2 Å². The van der Waals surface area contributed by atoms with Crippen LogP contribution in [0.1, 0.15) is 32.1 Å². The second-order valence-electron chi connectivity index (χ2n) is 5.34. The second-order valence-corrected chi connectivity index (χ2v) is 7.66. The van der Waals surface area contributed by atoms with Crippen molar-refractivity contribution < 1.29 is 33.6 Å². The third-order valence-electron chi connectivity index (χ3n) is 3.79. The molecule has 0 bridgehead atoms. The van der Waals surface area contributed by atoms with E-state index in [-0.39, 0.29) is 24.3 Å². The summed E-state index contributed by atoms with van der Waals surface area (Å²) >= 11 is 3.74. The molecular formula is C14H14F2I2O5. The Kier molecular flexibility index (Phi) is 5.93. The molecule has 128 valence electrons. The highest BCUT2D eigenvalue weighted by atomic mass is 127. The van der Waals surface area contributed by atoms with Gasteiger partial charge < -0.3 is 15.1 Å². The van der Waals surface area contributed by atoms with Gasteiger partial charge in [0.05, 0.1) is 7.14 Å². The number of hydrogen-bond acceptors (Lipinski definition) is 4. The van der Waals surface area contributed by atoms with Crippen LogP contribution >= 0.6 is 45.2 Å². The van der Waals surface area contributed by atoms with Gasteiger partial charge in [-0.05, 0) is 58.0 Å². The number of halogens is 4. The third kappa shape index (κ3) is 3.81. The van der Waals surface area contributed by atoms with E-state index in [0.29, 0.717) is 20.0 Å². The van der Waals surface area contributed by atoms with E-state index < -0.39 is 17.5 Å². The Labute approximate surface area is 158 Å². The van der Waals surface area contributed by atoms with Gasteiger partial charge >= 0.3 is 11.9 Å². The lowest BCUT2D eigenvalue weighted by Crippen LogP contribution is -2.56. The molecule has 1 aromatic carbocycles. The quantitative estimate of drug-likeness (QED) is 0.322. The maximum Gasteiger partial charge on any atom is 0.377 e. The van der Waals surface area contributed by atoms with Crippen molar-refractivity contribution in [1.29, 1.82) is 0 Å². The van der Waals surface area contributed by atoms with Crippen LogP contribution in [0.2, 0.25) is 0 Å². The summed E-state index contributed by atoms with van der Waals surface area (Å²) in [4.78, 5) is 21.0. The highest BCUT2D eigenvalue weighted by Gasteiger charge is 2.62. The Balaban J connectivity index is 2.24. The number of carboxylic acids is 1. The number of phenolic OH excluding ortho intramolecular Hbond substituents is 1. The van der Waals surface area contributed by atoms with Crippen molar-refractivity contribution in [3.63, 3.8) is 0 Å². The summed E-state index contributed by atoms with van der Waals surface area (Å²) in [5, 5.41) is 18.6. The highest BCUT2D eigenvalue weighted by molar-refractivity contribution is 14.1. The van der Waals surface area contributed by atoms with Crippen LogP contribution < -0.4 is 4.89 Å². The van der Waals surface area contributed by atoms with Crippen molar-refractivity contribution in [3.8, 4) is 11.5 Å². The average molecular weight is 554 g/mol. The first-order valence-electron chi connectivity index (χ1n) is 6.84. The molecule has 0 spiro atoms. The summed E-state index contributed by atoms with van der Waals surface area (Å²) < 4.78 is 29.3. The number of rotatable bonds is 5. The number of phenols is 1. The van der Waals surface area contributed by atoms with Crippen LogP contribution in [-0.2, 0) is 9.68 Å². The molecule has 1 fully saturated rings. The summed E-state index contributed by atoms with van der Waals surface area (Å²) in [5.41, 5.74) is -2.19. The van der Waals surface area contributed by atoms with Gasteiger partial charge in [-0.15, -0.1) is 0 Å². The van der Waals surface area contributed by atoms with Crippen LogP contribution in [-0.4, -0.2) is 27.7 Å². The fourth-order valence-corrected chi connectivity index (χ4v) is 4.20. The maximum atomic E-state index is 14.2. The van der Waals surface area contributed by atoms with E-state index >= 15 is 0 Å². The molecule has 2 rings (SSSR count). The van der Waals surface area contributed by atoms with Crippen LogP contribution in [0.4, 0.5) is 8.78 Å². The molecule has 1 aromatic rings. The van der Waals surface area contributed by atoms with Crippen molar-refractivity contribution in [2.75, 3.05) is 0 Å². The number of aromatic hydroxyl groups is 1. The van der Waals surface area contributed by atoms with E-state index in [9.17, 15) is 18.7 Å². The zero-order chi connectivity index (χ0) is 17.3. The second kappa shape index (κ2) is 7.21. The zero-order valence-electron chi connectivity index (χ0n) is 11.8. The molecule has 0 amide bonds. The Morgan fingerprint density at radius 1 is 1.17 bits per heavy atom. The molecular weight excluding hydrogens is 540 g/mol. The van der Waals surface area contributed by atoms with Crippen molar-refractivity contribution in [3.05, 3.63) is 19.3 Å². The average Bonchev–Trinajstić information content (AvgIpc) is 2.51. The Morgan fingerprint density at radius 3 is 2.17 bits per heavy atom.